The molecule has 0 saturated carbocycles. The zero-order valence-electron chi connectivity index (χ0n) is 5.81. The number of rotatable bonds is 0. The Morgan fingerprint density at radius 2 is 2.50 bits per heavy atom. The maximum Gasteiger partial charge on any atom is 0.262 e. The highest BCUT2D eigenvalue weighted by atomic mass is 16.5. The van der Waals surface area contributed by atoms with Gasteiger partial charge in [-0.05, 0) is 6.92 Å². The largest absolute Gasteiger partial charge is 0.482 e. The Morgan fingerprint density at radius 1 is 1.80 bits per heavy atom. The third-order valence-electron chi connectivity index (χ3n) is 1.24. The molecule has 0 unspecified atom stereocenters. The van der Waals surface area contributed by atoms with Crippen LogP contribution in [0.25, 0.3) is 0 Å². The fourth-order valence-electron chi connectivity index (χ4n) is 0.720. The van der Waals surface area contributed by atoms with E-state index in [1.54, 1.807) is 6.08 Å². The van der Waals surface area contributed by atoms with E-state index in [1.807, 2.05) is 6.92 Å². The summed E-state index contributed by atoms with van der Waals surface area (Å²) in [5, 5.41) is 2.61. The summed E-state index contributed by atoms with van der Waals surface area (Å²) < 4.78 is 4.92. The Morgan fingerprint density at radius 3 is 3.00 bits per heavy atom. The predicted octanol–water partition coefficient (Wildman–Crippen LogP) is 0.550. The number of hydrogen-bond donors (Lipinski definition) is 1. The van der Waals surface area contributed by atoms with E-state index in [4.69, 9.17) is 4.74 Å². The van der Waals surface area contributed by atoms with Crippen LogP contribution in [0.2, 0.25) is 0 Å². The lowest BCUT2D eigenvalue weighted by molar-refractivity contribution is -0.125. The van der Waals surface area contributed by atoms with Crippen LogP contribution in [-0.4, -0.2) is 12.5 Å². The van der Waals surface area contributed by atoms with Crippen LogP contribution in [0, 0.1) is 0 Å². The Balaban J connectivity index is 2.72. The average molecular weight is 139 g/mol. The molecule has 1 heterocycles. The maximum atomic E-state index is 10.7. The van der Waals surface area contributed by atoms with E-state index >= 15 is 0 Å². The molecule has 1 aliphatic heterocycles. The van der Waals surface area contributed by atoms with Crippen molar-refractivity contribution in [3.05, 3.63) is 24.1 Å². The van der Waals surface area contributed by atoms with Gasteiger partial charge < -0.3 is 10.1 Å². The number of carbonyl (C=O) groups is 1. The number of hydrogen-bond acceptors (Lipinski definition) is 2. The van der Waals surface area contributed by atoms with E-state index in [0.717, 1.165) is 0 Å². The molecule has 0 radical (unpaired) electrons. The summed E-state index contributed by atoms with van der Waals surface area (Å²) in [6.45, 7) is 5.49. The summed E-state index contributed by atoms with van der Waals surface area (Å²) in [4.78, 5) is 10.7. The van der Waals surface area contributed by atoms with E-state index < -0.39 is 0 Å². The van der Waals surface area contributed by atoms with Gasteiger partial charge in [-0.1, -0.05) is 12.7 Å². The van der Waals surface area contributed by atoms with Gasteiger partial charge in [0.25, 0.3) is 5.91 Å². The first-order valence-electron chi connectivity index (χ1n) is 3.02. The summed E-state index contributed by atoms with van der Waals surface area (Å²) in [5.41, 5.74) is 0.663. The van der Waals surface area contributed by atoms with Gasteiger partial charge >= 0.3 is 0 Å². The van der Waals surface area contributed by atoms with E-state index in [0.29, 0.717) is 11.5 Å². The highest BCUT2D eigenvalue weighted by Crippen LogP contribution is 2.09. The van der Waals surface area contributed by atoms with E-state index in [2.05, 4.69) is 11.9 Å². The second kappa shape index (κ2) is 2.56. The van der Waals surface area contributed by atoms with Crippen molar-refractivity contribution in [1.82, 2.24) is 5.32 Å². The minimum absolute atomic E-state index is 0.0795. The Labute approximate surface area is 59.4 Å². The zero-order valence-corrected chi connectivity index (χ0v) is 5.81. The van der Waals surface area contributed by atoms with Crippen LogP contribution in [0.15, 0.2) is 24.1 Å². The van der Waals surface area contributed by atoms with Crippen molar-refractivity contribution in [2.45, 2.75) is 6.92 Å². The summed E-state index contributed by atoms with van der Waals surface area (Å²) in [5.74, 6) is 0.405. The quantitative estimate of drug-likeness (QED) is 0.532. The SMILES string of the molecule is C=C1OCC(=O)N/C1=C/C. The van der Waals surface area contributed by atoms with E-state index in [9.17, 15) is 4.79 Å². The number of morpholine rings is 1. The summed E-state index contributed by atoms with van der Waals surface area (Å²) in [6, 6.07) is 0. The molecule has 1 aliphatic rings. The van der Waals surface area contributed by atoms with Gasteiger partial charge in [-0.15, -0.1) is 0 Å². The van der Waals surface area contributed by atoms with Gasteiger partial charge in [0.15, 0.2) is 6.61 Å². The molecule has 1 fully saturated rings. The average Bonchev–Trinajstić information content (AvgIpc) is 1.94. The molecule has 0 atom stereocenters. The normalized spacial score (nSPS) is 22.3. The van der Waals surface area contributed by atoms with Crippen molar-refractivity contribution < 1.29 is 9.53 Å². The van der Waals surface area contributed by atoms with Crippen molar-refractivity contribution in [1.29, 1.82) is 0 Å². The van der Waals surface area contributed by atoms with Gasteiger partial charge in [0.1, 0.15) is 5.76 Å². The monoisotopic (exact) mass is 139 g/mol. The first-order chi connectivity index (χ1) is 4.74. The molecule has 0 aromatic heterocycles. The van der Waals surface area contributed by atoms with Crippen molar-refractivity contribution in [2.24, 2.45) is 0 Å². The fourth-order valence-corrected chi connectivity index (χ4v) is 0.720. The third kappa shape index (κ3) is 1.18. The van der Waals surface area contributed by atoms with E-state index in [1.165, 1.54) is 0 Å². The Kier molecular flexibility index (Phi) is 1.76. The summed E-state index contributed by atoms with van der Waals surface area (Å²) in [6.07, 6.45) is 1.75. The molecule has 1 amide bonds. The number of ether oxygens (including phenoxy) is 1. The van der Waals surface area contributed by atoms with Gasteiger partial charge in [-0.3, -0.25) is 4.79 Å². The second-order valence-electron chi connectivity index (χ2n) is 1.96. The second-order valence-corrected chi connectivity index (χ2v) is 1.96. The third-order valence-corrected chi connectivity index (χ3v) is 1.24. The molecule has 0 aromatic rings. The van der Waals surface area contributed by atoms with Crippen LogP contribution in [0.1, 0.15) is 6.92 Å². The highest BCUT2D eigenvalue weighted by Gasteiger charge is 2.14. The smallest absolute Gasteiger partial charge is 0.262 e. The molecule has 1 saturated heterocycles. The van der Waals surface area contributed by atoms with Gasteiger partial charge in [0.2, 0.25) is 0 Å². The van der Waals surface area contributed by atoms with Crippen molar-refractivity contribution in [3.8, 4) is 0 Å². The highest BCUT2D eigenvalue weighted by molar-refractivity contribution is 5.81. The number of amides is 1. The molecule has 0 spiro atoms. The molecular weight excluding hydrogens is 130 g/mol. The molecule has 0 aromatic carbocycles. The van der Waals surface area contributed by atoms with Gasteiger partial charge in [0.05, 0.1) is 5.70 Å². The summed E-state index contributed by atoms with van der Waals surface area (Å²) in [7, 11) is 0. The van der Waals surface area contributed by atoms with Crippen molar-refractivity contribution in [2.75, 3.05) is 6.61 Å². The molecule has 54 valence electrons. The molecular formula is C7H9NO2. The lowest BCUT2D eigenvalue weighted by Crippen LogP contribution is -2.33. The van der Waals surface area contributed by atoms with Gasteiger partial charge in [-0.25, -0.2) is 0 Å². The van der Waals surface area contributed by atoms with Crippen molar-refractivity contribution in [3.63, 3.8) is 0 Å². The van der Waals surface area contributed by atoms with Crippen LogP contribution in [0.5, 0.6) is 0 Å². The topological polar surface area (TPSA) is 38.3 Å². The van der Waals surface area contributed by atoms with Crippen LogP contribution in [0.4, 0.5) is 0 Å². The first kappa shape index (κ1) is 6.86. The van der Waals surface area contributed by atoms with E-state index in [-0.39, 0.29) is 12.5 Å². The Hall–Kier alpha value is -1.25. The molecule has 3 nitrogen and oxygen atoms in total. The van der Waals surface area contributed by atoms with Crippen LogP contribution >= 0.6 is 0 Å². The standard InChI is InChI=1S/C7H9NO2/c1-3-6-5(2)10-4-7(9)8-6/h3H,2,4H2,1H3,(H,8,9)/b6-3+. The molecule has 0 bridgehead atoms. The first-order valence-corrected chi connectivity index (χ1v) is 3.02. The molecule has 3 heteroatoms. The zero-order chi connectivity index (χ0) is 7.56. The number of allylic oxidation sites excluding steroid dienone is 1. The molecule has 1 rings (SSSR count). The maximum absolute atomic E-state index is 10.7. The molecule has 1 N–H and O–H groups in total. The van der Waals surface area contributed by atoms with Gasteiger partial charge in [-0.2, -0.15) is 0 Å². The van der Waals surface area contributed by atoms with Crippen molar-refractivity contribution >= 4 is 5.91 Å². The number of nitrogens with one attached hydrogen (secondary N) is 1. The predicted molar refractivity (Wildman–Crippen MR) is 37.0 cm³/mol. The lowest BCUT2D eigenvalue weighted by Gasteiger charge is -2.18. The van der Waals surface area contributed by atoms with Gasteiger partial charge in [0, 0.05) is 0 Å². The molecule has 10 heavy (non-hydrogen) atoms. The minimum Gasteiger partial charge on any atom is -0.482 e. The lowest BCUT2D eigenvalue weighted by atomic mass is 10.3. The summed E-state index contributed by atoms with van der Waals surface area (Å²) >= 11 is 0. The Bertz CT molecular complexity index is 206. The minimum atomic E-state index is -0.125. The molecule has 0 aliphatic carbocycles. The van der Waals surface area contributed by atoms with Crippen LogP contribution in [0.3, 0.4) is 0 Å². The fraction of sp³-hybridized carbons (Fsp3) is 0.286. The van der Waals surface area contributed by atoms with Crippen LogP contribution < -0.4 is 5.32 Å². The number of carbonyl (C=O) groups excluding carboxylic acids is 1. The van der Waals surface area contributed by atoms with Crippen LogP contribution in [-0.2, 0) is 9.53 Å².